The highest BCUT2D eigenvalue weighted by atomic mass is 19.1. The largest absolute Gasteiger partial charge is 0.466 e. The zero-order chi connectivity index (χ0) is 18.9. The SMILES string of the molecule is CCOC(=O)C1CCC(NC(=NC)NCCc2cc(F)ccc2F)CC1. The molecule has 1 aromatic carbocycles. The van der Waals surface area contributed by atoms with Crippen LogP contribution < -0.4 is 10.6 Å². The molecule has 1 aliphatic carbocycles. The summed E-state index contributed by atoms with van der Waals surface area (Å²) in [5, 5.41) is 6.45. The quantitative estimate of drug-likeness (QED) is 0.461. The van der Waals surface area contributed by atoms with Gasteiger partial charge in [0.2, 0.25) is 0 Å². The Hall–Kier alpha value is -2.18. The average Bonchev–Trinajstić information content (AvgIpc) is 2.64. The molecular formula is C19H27F2N3O2. The molecule has 1 aromatic rings. The highest BCUT2D eigenvalue weighted by Crippen LogP contribution is 2.25. The van der Waals surface area contributed by atoms with Crippen LogP contribution in [0.4, 0.5) is 8.78 Å². The van der Waals surface area contributed by atoms with Gasteiger partial charge in [-0.2, -0.15) is 0 Å². The van der Waals surface area contributed by atoms with E-state index in [1.807, 2.05) is 6.92 Å². The highest BCUT2D eigenvalue weighted by Gasteiger charge is 2.27. The van der Waals surface area contributed by atoms with E-state index in [4.69, 9.17) is 4.74 Å². The summed E-state index contributed by atoms with van der Waals surface area (Å²) < 4.78 is 31.9. The van der Waals surface area contributed by atoms with Gasteiger partial charge < -0.3 is 15.4 Å². The van der Waals surface area contributed by atoms with Gasteiger partial charge in [0.1, 0.15) is 11.6 Å². The van der Waals surface area contributed by atoms with Crippen LogP contribution in [0.3, 0.4) is 0 Å². The van der Waals surface area contributed by atoms with Gasteiger partial charge in [0.05, 0.1) is 12.5 Å². The number of nitrogens with one attached hydrogen (secondary N) is 2. The lowest BCUT2D eigenvalue weighted by atomic mass is 9.86. The number of esters is 1. The third-order valence-electron chi connectivity index (χ3n) is 4.61. The fourth-order valence-corrected chi connectivity index (χ4v) is 3.17. The normalized spacial score (nSPS) is 20.5. The van der Waals surface area contributed by atoms with Crippen molar-refractivity contribution in [3.05, 3.63) is 35.4 Å². The molecule has 1 aliphatic rings. The first-order valence-corrected chi connectivity index (χ1v) is 9.11. The number of hydrogen-bond acceptors (Lipinski definition) is 3. The summed E-state index contributed by atoms with van der Waals surface area (Å²) in [5.41, 5.74) is 0.336. The summed E-state index contributed by atoms with van der Waals surface area (Å²) in [6.45, 7) is 2.67. The maximum atomic E-state index is 13.6. The van der Waals surface area contributed by atoms with Crippen LogP contribution in [0.2, 0.25) is 0 Å². The van der Waals surface area contributed by atoms with E-state index < -0.39 is 11.6 Å². The van der Waals surface area contributed by atoms with Crippen LogP contribution in [0.25, 0.3) is 0 Å². The van der Waals surface area contributed by atoms with Crippen molar-refractivity contribution >= 4 is 11.9 Å². The molecule has 0 unspecified atom stereocenters. The molecule has 0 heterocycles. The summed E-state index contributed by atoms with van der Waals surface area (Å²) in [7, 11) is 1.67. The van der Waals surface area contributed by atoms with Crippen molar-refractivity contribution in [1.29, 1.82) is 0 Å². The predicted octanol–water partition coefficient (Wildman–Crippen LogP) is 2.79. The number of guanidine groups is 1. The first kappa shape index (κ1) is 20.1. The second-order valence-electron chi connectivity index (χ2n) is 6.43. The lowest BCUT2D eigenvalue weighted by Crippen LogP contribution is -2.45. The number of ether oxygens (including phenoxy) is 1. The second kappa shape index (κ2) is 10.1. The third-order valence-corrected chi connectivity index (χ3v) is 4.61. The Labute approximate surface area is 153 Å². The Balaban J connectivity index is 1.75. The Bertz CT molecular complexity index is 629. The molecule has 0 saturated heterocycles. The Morgan fingerprint density at radius 1 is 1.27 bits per heavy atom. The van der Waals surface area contributed by atoms with E-state index in [2.05, 4.69) is 15.6 Å². The van der Waals surface area contributed by atoms with Crippen LogP contribution in [0, 0.1) is 17.6 Å². The minimum absolute atomic E-state index is 0.0149. The number of aliphatic imine (C=N–C) groups is 1. The zero-order valence-corrected chi connectivity index (χ0v) is 15.4. The van der Waals surface area contributed by atoms with Crippen molar-refractivity contribution in [2.24, 2.45) is 10.9 Å². The fraction of sp³-hybridized carbons (Fsp3) is 0.579. The van der Waals surface area contributed by atoms with E-state index in [0.717, 1.165) is 37.8 Å². The maximum Gasteiger partial charge on any atom is 0.308 e. The van der Waals surface area contributed by atoms with E-state index in [1.165, 1.54) is 6.07 Å². The summed E-state index contributed by atoms with van der Waals surface area (Å²) in [6.07, 6.45) is 3.68. The number of hydrogen-bond donors (Lipinski definition) is 2. The molecule has 1 saturated carbocycles. The lowest BCUT2D eigenvalue weighted by molar-refractivity contribution is -0.149. The van der Waals surface area contributed by atoms with Crippen molar-refractivity contribution in [1.82, 2.24) is 10.6 Å². The molecule has 1 fully saturated rings. The van der Waals surface area contributed by atoms with Gasteiger partial charge in [-0.05, 0) is 62.8 Å². The van der Waals surface area contributed by atoms with Crippen LogP contribution in [0.15, 0.2) is 23.2 Å². The highest BCUT2D eigenvalue weighted by molar-refractivity contribution is 5.80. The van der Waals surface area contributed by atoms with Crippen LogP contribution in [0.1, 0.15) is 38.2 Å². The molecule has 0 amide bonds. The van der Waals surface area contributed by atoms with Gasteiger partial charge in [0.25, 0.3) is 0 Å². The van der Waals surface area contributed by atoms with Gasteiger partial charge in [-0.1, -0.05) is 0 Å². The van der Waals surface area contributed by atoms with Crippen LogP contribution >= 0.6 is 0 Å². The molecule has 5 nitrogen and oxygen atoms in total. The van der Waals surface area contributed by atoms with Crippen molar-refractivity contribution in [2.45, 2.75) is 45.1 Å². The van der Waals surface area contributed by atoms with Gasteiger partial charge >= 0.3 is 5.97 Å². The second-order valence-corrected chi connectivity index (χ2v) is 6.43. The molecule has 7 heteroatoms. The smallest absolute Gasteiger partial charge is 0.308 e. The molecule has 2 N–H and O–H groups in total. The van der Waals surface area contributed by atoms with Crippen molar-refractivity contribution < 1.29 is 18.3 Å². The summed E-state index contributed by atoms with van der Waals surface area (Å²) in [5.74, 6) is -0.346. The number of rotatable bonds is 6. The van der Waals surface area contributed by atoms with Crippen LogP contribution in [0.5, 0.6) is 0 Å². The minimum atomic E-state index is -0.442. The van der Waals surface area contributed by atoms with Gasteiger partial charge in [-0.3, -0.25) is 9.79 Å². The number of halogens is 2. The molecule has 0 radical (unpaired) electrons. The number of carbonyl (C=O) groups excluding carboxylic acids is 1. The lowest BCUT2D eigenvalue weighted by Gasteiger charge is -2.29. The molecule has 144 valence electrons. The summed E-state index contributed by atoms with van der Waals surface area (Å²) >= 11 is 0. The Kier molecular flexibility index (Phi) is 7.81. The molecular weight excluding hydrogens is 340 g/mol. The molecule has 0 aliphatic heterocycles. The predicted molar refractivity (Wildman–Crippen MR) is 96.9 cm³/mol. The summed E-state index contributed by atoms with van der Waals surface area (Å²) in [6, 6.07) is 3.70. The fourth-order valence-electron chi connectivity index (χ4n) is 3.17. The van der Waals surface area contributed by atoms with E-state index >= 15 is 0 Å². The first-order chi connectivity index (χ1) is 12.5. The van der Waals surface area contributed by atoms with E-state index in [1.54, 1.807) is 7.05 Å². The molecule has 0 atom stereocenters. The van der Waals surface area contributed by atoms with Gasteiger partial charge in [0, 0.05) is 19.6 Å². The monoisotopic (exact) mass is 367 g/mol. The van der Waals surface area contributed by atoms with Gasteiger partial charge in [-0.15, -0.1) is 0 Å². The standard InChI is InChI=1S/C19H27F2N3O2/c1-3-26-18(25)13-4-7-16(8-5-13)24-19(22-2)23-11-10-14-12-15(20)6-9-17(14)21/h6,9,12-13,16H,3-5,7-8,10-11H2,1-2H3,(H2,22,23,24). The third kappa shape index (κ3) is 5.97. The van der Waals surface area contributed by atoms with Crippen molar-refractivity contribution in [3.8, 4) is 0 Å². The van der Waals surface area contributed by atoms with E-state index in [9.17, 15) is 13.6 Å². The van der Waals surface area contributed by atoms with Crippen molar-refractivity contribution in [2.75, 3.05) is 20.2 Å². The van der Waals surface area contributed by atoms with E-state index in [0.29, 0.717) is 31.1 Å². The molecule has 26 heavy (non-hydrogen) atoms. The van der Waals surface area contributed by atoms with E-state index in [-0.39, 0.29) is 17.9 Å². The van der Waals surface area contributed by atoms with Gasteiger partial charge in [-0.25, -0.2) is 8.78 Å². The topological polar surface area (TPSA) is 62.7 Å². The summed E-state index contributed by atoms with van der Waals surface area (Å²) in [4.78, 5) is 15.9. The molecule has 0 aromatic heterocycles. The van der Waals surface area contributed by atoms with Crippen LogP contribution in [-0.2, 0) is 16.0 Å². The maximum absolute atomic E-state index is 13.6. The Morgan fingerprint density at radius 2 is 2.00 bits per heavy atom. The minimum Gasteiger partial charge on any atom is -0.466 e. The molecule has 0 spiro atoms. The van der Waals surface area contributed by atoms with Crippen LogP contribution in [-0.4, -0.2) is 38.2 Å². The first-order valence-electron chi connectivity index (χ1n) is 9.11. The Morgan fingerprint density at radius 3 is 2.65 bits per heavy atom. The number of benzene rings is 1. The number of carbonyl (C=O) groups is 1. The van der Waals surface area contributed by atoms with Crippen molar-refractivity contribution in [3.63, 3.8) is 0 Å². The molecule has 2 rings (SSSR count). The number of nitrogens with zero attached hydrogens (tertiary/aromatic N) is 1. The molecule has 0 bridgehead atoms. The average molecular weight is 367 g/mol. The van der Waals surface area contributed by atoms with Gasteiger partial charge in [0.15, 0.2) is 5.96 Å². The zero-order valence-electron chi connectivity index (χ0n) is 15.4.